The molecule has 1 N–H and O–H groups in total. The number of fused-ring (bicyclic) bond motifs is 1. The summed E-state index contributed by atoms with van der Waals surface area (Å²) in [6, 6.07) is 14.5. The van der Waals surface area contributed by atoms with Crippen LogP contribution in [-0.2, 0) is 10.2 Å². The van der Waals surface area contributed by atoms with Gasteiger partial charge in [-0.1, -0.05) is 62.1 Å². The van der Waals surface area contributed by atoms with Crippen LogP contribution in [0.1, 0.15) is 29.8 Å². The third-order valence-electron chi connectivity index (χ3n) is 5.48. The molecule has 0 unspecified atom stereocenters. The number of benzene rings is 2. The summed E-state index contributed by atoms with van der Waals surface area (Å²) in [5.41, 5.74) is 3.86. The van der Waals surface area contributed by atoms with Gasteiger partial charge in [0.15, 0.2) is 4.32 Å². The van der Waals surface area contributed by atoms with Crippen LogP contribution in [-0.4, -0.2) is 28.4 Å². The van der Waals surface area contributed by atoms with Gasteiger partial charge in [0.1, 0.15) is 0 Å². The average molecular weight is 437 g/mol. The Kier molecular flexibility index (Phi) is 5.03. The van der Waals surface area contributed by atoms with E-state index < -0.39 is 5.97 Å². The van der Waals surface area contributed by atoms with Crippen molar-refractivity contribution in [3.05, 3.63) is 82.4 Å². The monoisotopic (exact) mass is 436 g/mol. The van der Waals surface area contributed by atoms with Crippen molar-refractivity contribution in [2.24, 2.45) is 0 Å². The van der Waals surface area contributed by atoms with Crippen LogP contribution in [0.2, 0.25) is 0 Å². The molecule has 0 bridgehead atoms. The highest BCUT2D eigenvalue weighted by Gasteiger charge is 2.38. The highest BCUT2D eigenvalue weighted by molar-refractivity contribution is 8.27. The molecule has 1 amide bonds. The zero-order valence-electron chi connectivity index (χ0n) is 16.7. The van der Waals surface area contributed by atoms with E-state index in [1.165, 1.54) is 34.4 Å². The summed E-state index contributed by atoms with van der Waals surface area (Å²) in [7, 11) is 2.02. The molecule has 0 spiro atoms. The van der Waals surface area contributed by atoms with Gasteiger partial charge < -0.3 is 10.0 Å². The number of anilines is 2. The Hall–Kier alpha value is -2.90. The Balaban J connectivity index is 1.67. The second-order valence-corrected chi connectivity index (χ2v) is 9.32. The van der Waals surface area contributed by atoms with Gasteiger partial charge in [0, 0.05) is 23.8 Å². The van der Waals surface area contributed by atoms with Crippen molar-refractivity contribution in [3.8, 4) is 0 Å². The van der Waals surface area contributed by atoms with Crippen molar-refractivity contribution in [3.63, 3.8) is 0 Å². The van der Waals surface area contributed by atoms with Gasteiger partial charge in [-0.2, -0.15) is 0 Å². The van der Waals surface area contributed by atoms with Crippen molar-refractivity contribution in [1.29, 1.82) is 0 Å². The Morgan fingerprint density at radius 3 is 2.57 bits per heavy atom. The minimum absolute atomic E-state index is 0.111. The number of rotatable bonds is 3. The standard InChI is InChI=1S/C23H20N2O3S2/c1-23(2)16-9-4-5-10-17(16)24(3)19(23)12-11-18-20(26)25(22(29)30-18)15-8-6-7-14(13-15)21(27)28/h4-13H,1-3H3,(H,27,28)/b18-11+,19-12+. The molecule has 2 aromatic carbocycles. The molecule has 4 rings (SSSR count). The smallest absolute Gasteiger partial charge is 0.335 e. The number of likely N-dealkylation sites (N-methyl/N-ethyl adjacent to an activating group) is 1. The van der Waals surface area contributed by atoms with E-state index in [9.17, 15) is 14.7 Å². The second-order valence-electron chi connectivity index (χ2n) is 7.65. The number of carbonyl (C=O) groups is 2. The van der Waals surface area contributed by atoms with E-state index in [0.717, 1.165) is 11.4 Å². The number of aromatic carboxylic acids is 1. The highest BCUT2D eigenvalue weighted by Crippen LogP contribution is 2.47. The second kappa shape index (κ2) is 7.41. The van der Waals surface area contributed by atoms with Gasteiger partial charge in [0.05, 0.1) is 16.2 Å². The van der Waals surface area contributed by atoms with Crippen LogP contribution in [0.5, 0.6) is 0 Å². The SMILES string of the molecule is CN1/C(=C/C=C2/SC(=S)N(c3cccc(C(=O)O)c3)C2=O)C(C)(C)c2ccccc21. The third kappa shape index (κ3) is 3.24. The number of amides is 1. The van der Waals surface area contributed by atoms with E-state index in [1.54, 1.807) is 18.2 Å². The van der Waals surface area contributed by atoms with E-state index in [0.29, 0.717) is 14.9 Å². The van der Waals surface area contributed by atoms with Gasteiger partial charge in [-0.05, 0) is 42.0 Å². The number of carboxylic acids is 1. The molecule has 0 radical (unpaired) electrons. The van der Waals surface area contributed by atoms with E-state index >= 15 is 0 Å². The summed E-state index contributed by atoms with van der Waals surface area (Å²) in [5.74, 6) is -1.30. The minimum atomic E-state index is -1.05. The van der Waals surface area contributed by atoms with Crippen LogP contribution in [0.3, 0.4) is 0 Å². The number of para-hydroxylation sites is 1. The van der Waals surface area contributed by atoms with Crippen molar-refractivity contribution >= 4 is 51.6 Å². The number of allylic oxidation sites excluding steroid dienone is 3. The van der Waals surface area contributed by atoms with Crippen molar-refractivity contribution in [1.82, 2.24) is 0 Å². The first-order valence-electron chi connectivity index (χ1n) is 9.37. The normalized spacial score (nSPS) is 20.4. The van der Waals surface area contributed by atoms with E-state index in [1.807, 2.05) is 25.3 Å². The molecule has 0 aromatic heterocycles. The van der Waals surface area contributed by atoms with Gasteiger partial charge >= 0.3 is 5.97 Å². The molecule has 1 saturated heterocycles. The third-order valence-corrected chi connectivity index (χ3v) is 6.80. The molecule has 0 atom stereocenters. The molecule has 5 nitrogen and oxygen atoms in total. The number of carbonyl (C=O) groups excluding carboxylic acids is 1. The first kappa shape index (κ1) is 20.4. The molecule has 0 aliphatic carbocycles. The van der Waals surface area contributed by atoms with Gasteiger partial charge in [-0.15, -0.1) is 0 Å². The van der Waals surface area contributed by atoms with Gasteiger partial charge in [-0.3, -0.25) is 9.69 Å². The van der Waals surface area contributed by atoms with E-state index in [4.69, 9.17) is 12.2 Å². The van der Waals surface area contributed by atoms with Crippen LogP contribution < -0.4 is 9.80 Å². The fraction of sp³-hybridized carbons (Fsp3) is 0.174. The van der Waals surface area contributed by atoms with Crippen molar-refractivity contribution in [2.75, 3.05) is 16.8 Å². The number of nitrogens with zero attached hydrogens (tertiary/aromatic N) is 2. The molecule has 152 valence electrons. The molecule has 2 heterocycles. The summed E-state index contributed by atoms with van der Waals surface area (Å²) in [6.07, 6.45) is 3.78. The molecule has 30 heavy (non-hydrogen) atoms. The Bertz CT molecular complexity index is 1150. The minimum Gasteiger partial charge on any atom is -0.478 e. The van der Waals surface area contributed by atoms with Gasteiger partial charge in [0.2, 0.25) is 0 Å². The number of hydrogen-bond donors (Lipinski definition) is 1. The van der Waals surface area contributed by atoms with Crippen molar-refractivity contribution in [2.45, 2.75) is 19.3 Å². The number of carboxylic acid groups (broad SMARTS) is 1. The zero-order chi connectivity index (χ0) is 21.6. The fourth-order valence-electron chi connectivity index (χ4n) is 3.94. The summed E-state index contributed by atoms with van der Waals surface area (Å²) < 4.78 is 0.384. The molecule has 2 aliphatic heterocycles. The quantitative estimate of drug-likeness (QED) is 0.543. The lowest BCUT2D eigenvalue weighted by Gasteiger charge is -2.23. The molecular weight excluding hydrogens is 416 g/mol. The fourth-order valence-corrected chi connectivity index (χ4v) is 5.18. The van der Waals surface area contributed by atoms with Crippen LogP contribution in [0.15, 0.2) is 71.3 Å². The number of hydrogen-bond acceptors (Lipinski definition) is 5. The van der Waals surface area contributed by atoms with E-state index in [-0.39, 0.29) is 16.9 Å². The summed E-state index contributed by atoms with van der Waals surface area (Å²) in [5, 5.41) is 9.22. The van der Waals surface area contributed by atoms with Gasteiger partial charge in [-0.25, -0.2) is 4.79 Å². The summed E-state index contributed by atoms with van der Waals surface area (Å²) >= 11 is 6.63. The Morgan fingerprint density at radius 1 is 1.13 bits per heavy atom. The molecule has 7 heteroatoms. The Morgan fingerprint density at radius 2 is 1.87 bits per heavy atom. The molecule has 2 aliphatic rings. The van der Waals surface area contributed by atoms with Crippen LogP contribution >= 0.6 is 24.0 Å². The average Bonchev–Trinajstić information content (AvgIpc) is 3.10. The highest BCUT2D eigenvalue weighted by atomic mass is 32.2. The molecule has 1 fully saturated rings. The van der Waals surface area contributed by atoms with E-state index in [2.05, 4.69) is 30.9 Å². The predicted octanol–water partition coefficient (Wildman–Crippen LogP) is 4.94. The maximum absolute atomic E-state index is 13.0. The predicted molar refractivity (Wildman–Crippen MR) is 125 cm³/mol. The maximum atomic E-state index is 13.0. The topological polar surface area (TPSA) is 60.9 Å². The summed E-state index contributed by atoms with van der Waals surface area (Å²) in [6.45, 7) is 4.33. The van der Waals surface area contributed by atoms with Crippen molar-refractivity contribution < 1.29 is 14.7 Å². The van der Waals surface area contributed by atoms with Crippen LogP contribution in [0, 0.1) is 0 Å². The molecule has 0 saturated carbocycles. The largest absolute Gasteiger partial charge is 0.478 e. The summed E-state index contributed by atoms with van der Waals surface area (Å²) in [4.78, 5) is 28.3. The van der Waals surface area contributed by atoms with Gasteiger partial charge in [0.25, 0.3) is 5.91 Å². The first-order valence-corrected chi connectivity index (χ1v) is 10.6. The van der Waals surface area contributed by atoms with Crippen LogP contribution in [0.25, 0.3) is 0 Å². The Labute approximate surface area is 184 Å². The number of thiocarbonyl (C=S) groups is 1. The molecular formula is C23H20N2O3S2. The lowest BCUT2D eigenvalue weighted by molar-refractivity contribution is -0.113. The lowest BCUT2D eigenvalue weighted by Crippen LogP contribution is -2.27. The first-order chi connectivity index (χ1) is 14.2. The lowest BCUT2D eigenvalue weighted by atomic mass is 9.84. The molecule has 2 aromatic rings. The number of thioether (sulfide) groups is 1. The van der Waals surface area contributed by atoms with Crippen LogP contribution in [0.4, 0.5) is 11.4 Å². The maximum Gasteiger partial charge on any atom is 0.335 e. The zero-order valence-corrected chi connectivity index (χ0v) is 18.4.